The SMILES string of the molecule is Cc1ccc(Sc2nc(Nc3cc(C4CC4)[nH]n3)c3ccccc3n2)cc1C.c1ccc(Sc2nc(Nc3cc(C4CC4)[nH]n3)c3ccccc3n2)cc1. The maximum atomic E-state index is 4.80. The first-order valence-electron chi connectivity index (χ1n) is 18.2. The predicted molar refractivity (Wildman–Crippen MR) is 217 cm³/mol. The Labute approximate surface area is 321 Å². The molecule has 268 valence electrons. The predicted octanol–water partition coefficient (Wildman–Crippen LogP) is 10.9. The number of para-hydroxylation sites is 2. The quantitative estimate of drug-likeness (QED) is 0.100. The maximum Gasteiger partial charge on any atom is 0.195 e. The molecule has 4 N–H and O–H groups in total. The lowest BCUT2D eigenvalue weighted by atomic mass is 10.1. The van der Waals surface area contributed by atoms with Crippen LogP contribution in [0, 0.1) is 13.8 Å². The molecule has 0 saturated heterocycles. The first-order chi connectivity index (χ1) is 26.5. The molecule has 0 amide bonds. The number of hydrogen-bond donors (Lipinski definition) is 4. The Morgan fingerprint density at radius 1 is 0.519 bits per heavy atom. The van der Waals surface area contributed by atoms with Crippen LogP contribution in [0.1, 0.15) is 60.0 Å². The van der Waals surface area contributed by atoms with Crippen LogP contribution in [-0.4, -0.2) is 40.3 Å². The molecular weight excluding hydrogens is 709 g/mol. The smallest absolute Gasteiger partial charge is 0.195 e. The summed E-state index contributed by atoms with van der Waals surface area (Å²) in [7, 11) is 0. The first-order valence-corrected chi connectivity index (χ1v) is 19.8. The van der Waals surface area contributed by atoms with Crippen molar-refractivity contribution in [2.24, 2.45) is 0 Å². The number of fused-ring (bicyclic) bond motifs is 2. The summed E-state index contributed by atoms with van der Waals surface area (Å²) in [4.78, 5) is 21.3. The molecule has 0 unspecified atom stereocenters. The average molecular weight is 747 g/mol. The lowest BCUT2D eigenvalue weighted by Gasteiger charge is -2.09. The number of benzene rings is 4. The summed E-state index contributed by atoms with van der Waals surface area (Å²) < 4.78 is 0. The van der Waals surface area contributed by atoms with Crippen molar-refractivity contribution in [2.45, 2.75) is 71.5 Å². The summed E-state index contributed by atoms with van der Waals surface area (Å²) in [5, 5.41) is 25.2. The Morgan fingerprint density at radius 3 is 1.54 bits per heavy atom. The number of anilines is 4. The van der Waals surface area contributed by atoms with E-state index in [4.69, 9.17) is 19.9 Å². The van der Waals surface area contributed by atoms with E-state index in [0.717, 1.165) is 65.2 Å². The molecule has 54 heavy (non-hydrogen) atoms. The van der Waals surface area contributed by atoms with Crippen LogP contribution in [0.25, 0.3) is 21.8 Å². The zero-order valence-electron chi connectivity index (χ0n) is 29.9. The monoisotopic (exact) mass is 746 g/mol. The van der Waals surface area contributed by atoms with E-state index in [-0.39, 0.29) is 0 Å². The van der Waals surface area contributed by atoms with Gasteiger partial charge in [0.1, 0.15) is 11.6 Å². The van der Waals surface area contributed by atoms with Crippen molar-refractivity contribution in [2.75, 3.05) is 10.6 Å². The number of hydrogen-bond acceptors (Lipinski definition) is 10. The summed E-state index contributed by atoms with van der Waals surface area (Å²) in [5.74, 6) is 4.44. The molecule has 4 aromatic carbocycles. The summed E-state index contributed by atoms with van der Waals surface area (Å²) in [6.45, 7) is 4.25. The van der Waals surface area contributed by atoms with E-state index in [1.807, 2.05) is 66.7 Å². The highest BCUT2D eigenvalue weighted by molar-refractivity contribution is 7.99. The minimum Gasteiger partial charge on any atom is -0.323 e. The van der Waals surface area contributed by atoms with Crippen molar-refractivity contribution < 1.29 is 0 Å². The summed E-state index contributed by atoms with van der Waals surface area (Å²) in [5.41, 5.74) is 6.80. The minimum absolute atomic E-state index is 0.640. The van der Waals surface area contributed by atoms with Gasteiger partial charge >= 0.3 is 0 Å². The van der Waals surface area contributed by atoms with Gasteiger partial charge in [0.15, 0.2) is 21.9 Å². The van der Waals surface area contributed by atoms with Crippen LogP contribution in [0.2, 0.25) is 0 Å². The molecule has 4 heterocycles. The average Bonchev–Trinajstić information content (AvgIpc) is 4.13. The van der Waals surface area contributed by atoms with E-state index in [0.29, 0.717) is 11.8 Å². The van der Waals surface area contributed by atoms with Crippen LogP contribution in [0.4, 0.5) is 23.3 Å². The standard InChI is InChI=1S/C22H21N5S.C20H17N5S/c1-13-7-10-16(11-14(13)2)28-22-23-18-6-4-3-5-17(18)21(25-22)24-20-12-19(26-27-20)15-8-9-15;1-2-6-14(7-3-1)26-20-21-16-9-5-4-8-15(16)19(23-20)22-18-12-17(24-25-18)13-10-11-13/h3-7,10-12,15H,8-9H2,1-2H3,(H2,23,24,25,26,27);1-9,12-13H,10-11H2,(H2,21,22,23,24,25). The fourth-order valence-corrected chi connectivity index (χ4v) is 7.77. The Kier molecular flexibility index (Phi) is 9.44. The second kappa shape index (κ2) is 15.0. The van der Waals surface area contributed by atoms with Crippen molar-refractivity contribution in [3.05, 3.63) is 132 Å². The van der Waals surface area contributed by atoms with Crippen LogP contribution < -0.4 is 10.6 Å². The van der Waals surface area contributed by atoms with Gasteiger partial charge in [-0.15, -0.1) is 0 Å². The van der Waals surface area contributed by atoms with Gasteiger partial charge in [-0.3, -0.25) is 10.2 Å². The highest BCUT2D eigenvalue weighted by Gasteiger charge is 2.26. The van der Waals surface area contributed by atoms with E-state index in [2.05, 4.69) is 87.3 Å². The van der Waals surface area contributed by atoms with Gasteiger partial charge in [-0.1, -0.05) is 48.5 Å². The van der Waals surface area contributed by atoms with E-state index in [9.17, 15) is 0 Å². The number of rotatable bonds is 10. The van der Waals surface area contributed by atoms with E-state index in [1.54, 1.807) is 23.5 Å². The molecule has 0 aliphatic heterocycles. The second-order valence-corrected chi connectivity index (χ2v) is 15.8. The highest BCUT2D eigenvalue weighted by Crippen LogP contribution is 2.41. The molecule has 12 heteroatoms. The fraction of sp³-hybridized carbons (Fsp3) is 0.190. The van der Waals surface area contributed by atoms with Gasteiger partial charge in [-0.2, -0.15) is 10.2 Å². The second-order valence-electron chi connectivity index (χ2n) is 13.7. The van der Waals surface area contributed by atoms with E-state index < -0.39 is 0 Å². The third kappa shape index (κ3) is 7.95. The zero-order valence-corrected chi connectivity index (χ0v) is 31.5. The number of H-pyrrole nitrogens is 2. The van der Waals surface area contributed by atoms with Crippen LogP contribution in [0.3, 0.4) is 0 Å². The molecule has 2 aliphatic carbocycles. The van der Waals surface area contributed by atoms with Crippen molar-refractivity contribution in [1.82, 2.24) is 40.3 Å². The topological polar surface area (TPSA) is 133 Å². The molecular formula is C42H38N10S2. The molecule has 0 atom stereocenters. The van der Waals surface area contributed by atoms with Gasteiger partial charge in [0.05, 0.1) is 11.0 Å². The van der Waals surface area contributed by atoms with E-state index in [1.165, 1.54) is 48.2 Å². The molecule has 10 nitrogen and oxygen atoms in total. The molecule has 2 aliphatic rings. The molecule has 2 saturated carbocycles. The molecule has 0 bridgehead atoms. The molecule has 2 fully saturated rings. The highest BCUT2D eigenvalue weighted by atomic mass is 32.2. The molecule has 4 aromatic heterocycles. The van der Waals surface area contributed by atoms with Gasteiger partial charge in [0, 0.05) is 55.9 Å². The summed E-state index contributed by atoms with van der Waals surface area (Å²) >= 11 is 3.14. The van der Waals surface area contributed by atoms with Crippen molar-refractivity contribution in [3.63, 3.8) is 0 Å². The zero-order chi connectivity index (χ0) is 36.4. The Balaban J connectivity index is 0.000000143. The van der Waals surface area contributed by atoms with Gasteiger partial charge in [-0.25, -0.2) is 19.9 Å². The number of aromatic nitrogens is 8. The Hall–Kier alpha value is -5.72. The van der Waals surface area contributed by atoms with Gasteiger partial charge in [0.2, 0.25) is 0 Å². The molecule has 8 aromatic rings. The number of aryl methyl sites for hydroxylation is 2. The Bertz CT molecular complexity index is 2580. The minimum atomic E-state index is 0.640. The van der Waals surface area contributed by atoms with Crippen molar-refractivity contribution >= 4 is 68.6 Å². The normalized spacial score (nSPS) is 13.8. The van der Waals surface area contributed by atoms with Crippen LogP contribution in [0.5, 0.6) is 0 Å². The van der Waals surface area contributed by atoms with E-state index >= 15 is 0 Å². The molecule has 0 radical (unpaired) electrons. The third-order valence-electron chi connectivity index (χ3n) is 9.53. The number of nitrogens with zero attached hydrogens (tertiary/aromatic N) is 6. The molecule has 0 spiro atoms. The molecule has 10 rings (SSSR count). The largest absolute Gasteiger partial charge is 0.323 e. The van der Waals surface area contributed by atoms with Gasteiger partial charge in [-0.05, 0) is 123 Å². The van der Waals surface area contributed by atoms with Gasteiger partial charge in [0.25, 0.3) is 0 Å². The maximum absolute atomic E-state index is 4.80. The third-order valence-corrected chi connectivity index (χ3v) is 11.3. The fourth-order valence-electron chi connectivity index (χ4n) is 6.12. The summed E-state index contributed by atoms with van der Waals surface area (Å²) in [6, 6.07) is 36.9. The lowest BCUT2D eigenvalue weighted by Crippen LogP contribution is -1.99. The first kappa shape index (κ1) is 34.1. The number of aromatic amines is 2. The lowest BCUT2D eigenvalue weighted by molar-refractivity contribution is 0.964. The summed E-state index contributed by atoms with van der Waals surface area (Å²) in [6.07, 6.45) is 4.98. The van der Waals surface area contributed by atoms with Crippen molar-refractivity contribution in [1.29, 1.82) is 0 Å². The number of nitrogens with one attached hydrogen (secondary N) is 4. The van der Waals surface area contributed by atoms with Crippen LogP contribution >= 0.6 is 23.5 Å². The van der Waals surface area contributed by atoms with Gasteiger partial charge < -0.3 is 10.6 Å². The van der Waals surface area contributed by atoms with Crippen molar-refractivity contribution in [3.8, 4) is 0 Å². The van der Waals surface area contributed by atoms with Crippen LogP contribution in [0.15, 0.2) is 129 Å². The Morgan fingerprint density at radius 2 is 1.02 bits per heavy atom. The van der Waals surface area contributed by atoms with Crippen LogP contribution in [-0.2, 0) is 0 Å².